The Morgan fingerprint density at radius 3 is 2.90 bits per heavy atom. The average molecular weight is 290 g/mol. The molecule has 0 spiro atoms. The molecule has 0 bridgehead atoms. The van der Waals surface area contributed by atoms with Gasteiger partial charge in [-0.15, -0.1) is 0 Å². The maximum Gasteiger partial charge on any atom is 0.328 e. The van der Waals surface area contributed by atoms with Crippen LogP contribution in [0, 0.1) is 0 Å². The van der Waals surface area contributed by atoms with Crippen LogP contribution < -0.4 is 0 Å². The largest absolute Gasteiger partial charge is 0.478 e. The normalized spacial score (nSPS) is 22.5. The number of amides is 1. The Bertz CT molecular complexity index is 581. The molecule has 0 aromatic carbocycles. The number of hydrogen-bond acceptors (Lipinski definition) is 4. The first kappa shape index (κ1) is 15.2. The SMILES string of the molecule is CC1(O)CCCN(C(=O)c2ccncc2/C=C/C(=O)O)C1. The molecule has 1 aromatic rings. The summed E-state index contributed by atoms with van der Waals surface area (Å²) < 4.78 is 0. The van der Waals surface area contributed by atoms with E-state index in [-0.39, 0.29) is 12.5 Å². The first-order valence-corrected chi connectivity index (χ1v) is 6.76. The maximum absolute atomic E-state index is 12.6. The fourth-order valence-corrected chi connectivity index (χ4v) is 2.46. The summed E-state index contributed by atoms with van der Waals surface area (Å²) in [6.45, 7) is 2.57. The number of likely N-dealkylation sites (tertiary alicyclic amines) is 1. The van der Waals surface area contributed by atoms with Crippen LogP contribution in [0.25, 0.3) is 6.08 Å². The van der Waals surface area contributed by atoms with Crippen LogP contribution in [0.15, 0.2) is 24.5 Å². The number of carboxylic acid groups (broad SMARTS) is 1. The number of piperidine rings is 1. The van der Waals surface area contributed by atoms with Crippen LogP contribution in [0.5, 0.6) is 0 Å². The molecule has 1 unspecified atom stereocenters. The lowest BCUT2D eigenvalue weighted by atomic mass is 9.94. The molecule has 112 valence electrons. The molecule has 0 aliphatic carbocycles. The predicted molar refractivity (Wildman–Crippen MR) is 76.7 cm³/mol. The number of pyridine rings is 1. The van der Waals surface area contributed by atoms with Crippen molar-refractivity contribution < 1.29 is 19.8 Å². The van der Waals surface area contributed by atoms with E-state index >= 15 is 0 Å². The molecule has 1 aliphatic heterocycles. The molecule has 0 radical (unpaired) electrons. The van der Waals surface area contributed by atoms with Crippen molar-refractivity contribution >= 4 is 18.0 Å². The van der Waals surface area contributed by atoms with Gasteiger partial charge in [-0.2, -0.15) is 0 Å². The maximum atomic E-state index is 12.6. The van der Waals surface area contributed by atoms with Crippen LogP contribution in [0.2, 0.25) is 0 Å². The first-order chi connectivity index (χ1) is 9.89. The Hall–Kier alpha value is -2.21. The van der Waals surface area contributed by atoms with Gasteiger partial charge in [0.05, 0.1) is 5.60 Å². The Morgan fingerprint density at radius 2 is 2.24 bits per heavy atom. The van der Waals surface area contributed by atoms with Gasteiger partial charge in [-0.1, -0.05) is 0 Å². The number of hydrogen-bond donors (Lipinski definition) is 2. The third-order valence-corrected chi connectivity index (χ3v) is 3.45. The number of nitrogens with zero attached hydrogens (tertiary/aromatic N) is 2. The van der Waals surface area contributed by atoms with Crippen molar-refractivity contribution in [2.24, 2.45) is 0 Å². The molecule has 1 fully saturated rings. The highest BCUT2D eigenvalue weighted by Crippen LogP contribution is 2.23. The van der Waals surface area contributed by atoms with Crippen LogP contribution in [0.4, 0.5) is 0 Å². The lowest BCUT2D eigenvalue weighted by Crippen LogP contribution is -2.48. The zero-order valence-electron chi connectivity index (χ0n) is 11.8. The van der Waals surface area contributed by atoms with E-state index in [1.165, 1.54) is 18.5 Å². The zero-order chi connectivity index (χ0) is 15.5. The van der Waals surface area contributed by atoms with Crippen molar-refractivity contribution in [3.63, 3.8) is 0 Å². The Morgan fingerprint density at radius 1 is 1.48 bits per heavy atom. The van der Waals surface area contributed by atoms with Crippen molar-refractivity contribution in [2.75, 3.05) is 13.1 Å². The predicted octanol–water partition coefficient (Wildman–Crippen LogP) is 1.17. The standard InChI is InChI=1S/C15H18N2O4/c1-15(21)6-2-8-17(10-15)14(20)12-5-7-16-9-11(12)3-4-13(18)19/h3-5,7,9,21H,2,6,8,10H2,1H3,(H,18,19)/b4-3+. The van der Waals surface area contributed by atoms with Gasteiger partial charge in [-0.25, -0.2) is 4.79 Å². The number of aliphatic carboxylic acids is 1. The van der Waals surface area contributed by atoms with Crippen LogP contribution in [-0.2, 0) is 4.79 Å². The third kappa shape index (κ3) is 3.88. The number of carboxylic acids is 1. The summed E-state index contributed by atoms with van der Waals surface area (Å²) in [7, 11) is 0. The number of carbonyl (C=O) groups is 2. The van der Waals surface area contributed by atoms with Gasteiger partial charge in [-0.3, -0.25) is 9.78 Å². The third-order valence-electron chi connectivity index (χ3n) is 3.45. The average Bonchev–Trinajstić information content (AvgIpc) is 2.43. The lowest BCUT2D eigenvalue weighted by molar-refractivity contribution is -0.131. The molecule has 2 rings (SSSR count). The second kappa shape index (κ2) is 6.05. The Labute approximate surface area is 122 Å². The molecular weight excluding hydrogens is 272 g/mol. The van der Waals surface area contributed by atoms with Gasteiger partial charge >= 0.3 is 5.97 Å². The molecule has 1 aliphatic rings. The molecule has 1 aromatic heterocycles. The van der Waals surface area contributed by atoms with E-state index in [0.29, 0.717) is 24.1 Å². The van der Waals surface area contributed by atoms with Crippen LogP contribution in [0.1, 0.15) is 35.7 Å². The minimum atomic E-state index is -1.09. The monoisotopic (exact) mass is 290 g/mol. The second-order valence-corrected chi connectivity index (χ2v) is 5.46. The van der Waals surface area contributed by atoms with E-state index in [2.05, 4.69) is 4.98 Å². The van der Waals surface area contributed by atoms with Crippen molar-refractivity contribution in [2.45, 2.75) is 25.4 Å². The molecule has 1 atom stereocenters. The van der Waals surface area contributed by atoms with Crippen LogP contribution in [0.3, 0.4) is 0 Å². The van der Waals surface area contributed by atoms with Gasteiger partial charge < -0.3 is 15.1 Å². The van der Waals surface area contributed by atoms with Gasteiger partial charge in [0, 0.05) is 42.7 Å². The molecule has 2 heterocycles. The van der Waals surface area contributed by atoms with Crippen molar-refractivity contribution in [3.8, 4) is 0 Å². The van der Waals surface area contributed by atoms with Gasteiger partial charge in [-0.05, 0) is 31.9 Å². The highest BCUT2D eigenvalue weighted by atomic mass is 16.4. The minimum Gasteiger partial charge on any atom is -0.478 e. The number of rotatable bonds is 3. The van der Waals surface area contributed by atoms with Crippen LogP contribution >= 0.6 is 0 Å². The van der Waals surface area contributed by atoms with Gasteiger partial charge in [0.15, 0.2) is 0 Å². The van der Waals surface area contributed by atoms with Gasteiger partial charge in [0.2, 0.25) is 0 Å². The highest BCUT2D eigenvalue weighted by molar-refractivity contribution is 5.98. The summed E-state index contributed by atoms with van der Waals surface area (Å²) in [5, 5.41) is 18.8. The van der Waals surface area contributed by atoms with Crippen molar-refractivity contribution in [1.82, 2.24) is 9.88 Å². The Balaban J connectivity index is 2.25. The molecular formula is C15H18N2O4. The summed E-state index contributed by atoms with van der Waals surface area (Å²) in [5.74, 6) is -1.31. The fourth-order valence-electron chi connectivity index (χ4n) is 2.46. The summed E-state index contributed by atoms with van der Waals surface area (Å²) in [5.41, 5.74) is -0.0341. The van der Waals surface area contributed by atoms with Crippen molar-refractivity contribution in [3.05, 3.63) is 35.7 Å². The van der Waals surface area contributed by atoms with Gasteiger partial charge in [0.25, 0.3) is 5.91 Å². The quantitative estimate of drug-likeness (QED) is 0.815. The molecule has 6 heteroatoms. The van der Waals surface area contributed by atoms with Crippen molar-refractivity contribution in [1.29, 1.82) is 0 Å². The minimum absolute atomic E-state index is 0.220. The number of carbonyl (C=O) groups excluding carboxylic acids is 1. The van der Waals surface area contributed by atoms with E-state index in [0.717, 1.165) is 12.5 Å². The molecule has 1 amide bonds. The van der Waals surface area contributed by atoms with Gasteiger partial charge in [0.1, 0.15) is 0 Å². The summed E-state index contributed by atoms with van der Waals surface area (Å²) in [6, 6.07) is 1.56. The summed E-state index contributed by atoms with van der Waals surface area (Å²) >= 11 is 0. The molecule has 21 heavy (non-hydrogen) atoms. The van der Waals surface area contributed by atoms with E-state index < -0.39 is 11.6 Å². The number of β-amino-alcohol motifs (C(OH)–C–C–N with tert-alkyl or cyclic N) is 1. The van der Waals surface area contributed by atoms with E-state index in [9.17, 15) is 14.7 Å². The first-order valence-electron chi connectivity index (χ1n) is 6.76. The Kier molecular flexibility index (Phi) is 4.37. The molecule has 1 saturated heterocycles. The molecule has 2 N–H and O–H groups in total. The van der Waals surface area contributed by atoms with E-state index in [4.69, 9.17) is 5.11 Å². The molecule has 0 saturated carbocycles. The number of aromatic nitrogens is 1. The van der Waals surface area contributed by atoms with Crippen LogP contribution in [-0.4, -0.2) is 50.7 Å². The summed E-state index contributed by atoms with van der Waals surface area (Å²) in [4.78, 5) is 28.7. The molecule has 6 nitrogen and oxygen atoms in total. The smallest absolute Gasteiger partial charge is 0.328 e. The fraction of sp³-hybridized carbons (Fsp3) is 0.400. The highest BCUT2D eigenvalue weighted by Gasteiger charge is 2.31. The lowest BCUT2D eigenvalue weighted by Gasteiger charge is -2.37. The topological polar surface area (TPSA) is 90.7 Å². The zero-order valence-corrected chi connectivity index (χ0v) is 11.8. The number of aliphatic hydroxyl groups is 1. The second-order valence-electron chi connectivity index (χ2n) is 5.46. The van der Waals surface area contributed by atoms with E-state index in [1.807, 2.05) is 0 Å². The van der Waals surface area contributed by atoms with E-state index in [1.54, 1.807) is 17.9 Å². The summed E-state index contributed by atoms with van der Waals surface area (Å²) in [6.07, 6.45) is 6.68.